The Morgan fingerprint density at radius 2 is 2.27 bits per heavy atom. The highest BCUT2D eigenvalue weighted by Crippen LogP contribution is 2.40. The van der Waals surface area contributed by atoms with E-state index in [1.807, 2.05) is 0 Å². The minimum atomic E-state index is -0.474. The summed E-state index contributed by atoms with van der Waals surface area (Å²) in [7, 11) is 0. The molecule has 1 aliphatic heterocycles. The van der Waals surface area contributed by atoms with Crippen molar-refractivity contribution in [3.63, 3.8) is 0 Å². The Morgan fingerprint density at radius 1 is 1.50 bits per heavy atom. The SMILES string of the molecule is C[C@H](N)C(=O)N[C@H]1CCN(c2sc3c(c2C#N)CCCC3)C1. The molecule has 3 N–H and O–H groups in total. The first-order valence-corrected chi connectivity index (χ1v) is 8.77. The number of fused-ring (bicyclic) bond motifs is 1. The summed E-state index contributed by atoms with van der Waals surface area (Å²) >= 11 is 1.78. The van der Waals surface area contributed by atoms with Gasteiger partial charge in [-0.15, -0.1) is 11.3 Å². The van der Waals surface area contributed by atoms with Gasteiger partial charge in [0.2, 0.25) is 5.91 Å². The molecule has 0 spiro atoms. The Hall–Kier alpha value is -1.58. The van der Waals surface area contributed by atoms with Crippen molar-refractivity contribution < 1.29 is 4.79 Å². The molecule has 1 aromatic rings. The van der Waals surface area contributed by atoms with Crippen LogP contribution in [0.2, 0.25) is 0 Å². The normalized spacial score (nSPS) is 22.0. The first kappa shape index (κ1) is 15.3. The van der Waals surface area contributed by atoms with Crippen LogP contribution in [0.4, 0.5) is 5.00 Å². The van der Waals surface area contributed by atoms with Gasteiger partial charge in [0.1, 0.15) is 11.1 Å². The molecular weight excluding hydrogens is 296 g/mol. The van der Waals surface area contributed by atoms with Gasteiger partial charge in [-0.25, -0.2) is 0 Å². The minimum absolute atomic E-state index is 0.0992. The van der Waals surface area contributed by atoms with Crippen molar-refractivity contribution in [3.05, 3.63) is 16.0 Å². The highest BCUT2D eigenvalue weighted by atomic mass is 32.1. The van der Waals surface area contributed by atoms with Crippen molar-refractivity contribution in [2.75, 3.05) is 18.0 Å². The van der Waals surface area contributed by atoms with Crippen LogP contribution >= 0.6 is 11.3 Å². The third kappa shape index (κ3) is 2.83. The molecule has 22 heavy (non-hydrogen) atoms. The fraction of sp³-hybridized carbons (Fsp3) is 0.625. The molecule has 1 amide bonds. The number of nitriles is 1. The Kier molecular flexibility index (Phi) is 4.37. The lowest BCUT2D eigenvalue weighted by Gasteiger charge is -2.18. The summed E-state index contributed by atoms with van der Waals surface area (Å²) in [6, 6.07) is 2.07. The Bertz CT molecular complexity index is 616. The van der Waals surface area contributed by atoms with Crippen LogP contribution in [0.15, 0.2) is 0 Å². The molecule has 5 nitrogen and oxygen atoms in total. The van der Waals surface area contributed by atoms with Crippen molar-refractivity contribution in [3.8, 4) is 6.07 Å². The number of hydrogen-bond donors (Lipinski definition) is 2. The molecule has 1 fully saturated rings. The molecule has 118 valence electrons. The summed E-state index contributed by atoms with van der Waals surface area (Å²) in [5, 5.41) is 13.6. The monoisotopic (exact) mass is 318 g/mol. The molecule has 2 heterocycles. The molecule has 0 unspecified atom stereocenters. The number of hydrogen-bond acceptors (Lipinski definition) is 5. The van der Waals surface area contributed by atoms with Crippen LogP contribution in [0.3, 0.4) is 0 Å². The average molecular weight is 318 g/mol. The van der Waals surface area contributed by atoms with E-state index in [1.165, 1.54) is 23.3 Å². The first-order chi connectivity index (χ1) is 10.6. The maximum absolute atomic E-state index is 11.7. The third-order valence-corrected chi connectivity index (χ3v) is 5.85. The number of carbonyl (C=O) groups excluding carboxylic acids is 1. The maximum atomic E-state index is 11.7. The predicted molar refractivity (Wildman–Crippen MR) is 88.1 cm³/mol. The van der Waals surface area contributed by atoms with Gasteiger partial charge in [-0.2, -0.15) is 5.26 Å². The average Bonchev–Trinajstić information content (AvgIpc) is 3.10. The molecule has 0 saturated carbocycles. The minimum Gasteiger partial charge on any atom is -0.360 e. The molecule has 6 heteroatoms. The van der Waals surface area contributed by atoms with Crippen molar-refractivity contribution in [2.45, 2.75) is 51.1 Å². The molecule has 1 aliphatic carbocycles. The van der Waals surface area contributed by atoms with E-state index in [-0.39, 0.29) is 11.9 Å². The number of nitrogens with zero attached hydrogens (tertiary/aromatic N) is 2. The van der Waals surface area contributed by atoms with Crippen LogP contribution in [0, 0.1) is 11.3 Å². The molecule has 0 radical (unpaired) electrons. The zero-order valence-corrected chi connectivity index (χ0v) is 13.7. The number of aryl methyl sites for hydroxylation is 1. The van der Waals surface area contributed by atoms with Crippen molar-refractivity contribution >= 4 is 22.2 Å². The zero-order valence-electron chi connectivity index (χ0n) is 12.9. The van der Waals surface area contributed by atoms with Crippen molar-refractivity contribution in [2.24, 2.45) is 5.73 Å². The fourth-order valence-corrected chi connectivity index (χ4v) is 4.66. The summed E-state index contributed by atoms with van der Waals surface area (Å²) < 4.78 is 0. The van der Waals surface area contributed by atoms with Crippen LogP contribution in [0.5, 0.6) is 0 Å². The summed E-state index contributed by atoms with van der Waals surface area (Å²) in [5.41, 5.74) is 7.75. The van der Waals surface area contributed by atoms with Crippen LogP contribution in [-0.2, 0) is 17.6 Å². The lowest BCUT2D eigenvalue weighted by atomic mass is 9.96. The van der Waals surface area contributed by atoms with E-state index >= 15 is 0 Å². The van der Waals surface area contributed by atoms with E-state index in [9.17, 15) is 10.1 Å². The number of nitrogens with one attached hydrogen (secondary N) is 1. The summed E-state index contributed by atoms with van der Waals surface area (Å²) in [6.07, 6.45) is 5.46. The molecule has 1 aromatic heterocycles. The van der Waals surface area contributed by atoms with Gasteiger partial charge in [0.15, 0.2) is 0 Å². The molecule has 3 rings (SSSR count). The highest BCUT2D eigenvalue weighted by molar-refractivity contribution is 7.16. The van der Waals surface area contributed by atoms with E-state index in [0.29, 0.717) is 0 Å². The van der Waals surface area contributed by atoms with E-state index in [2.05, 4.69) is 16.3 Å². The van der Waals surface area contributed by atoms with Gasteiger partial charge in [0, 0.05) is 24.0 Å². The lowest BCUT2D eigenvalue weighted by Crippen LogP contribution is -2.44. The Morgan fingerprint density at radius 3 is 3.00 bits per heavy atom. The third-order valence-electron chi connectivity index (χ3n) is 4.50. The van der Waals surface area contributed by atoms with Crippen molar-refractivity contribution in [1.82, 2.24) is 5.32 Å². The number of carbonyl (C=O) groups is 1. The summed E-state index contributed by atoms with van der Waals surface area (Å²) in [4.78, 5) is 15.4. The quantitative estimate of drug-likeness (QED) is 0.885. The molecule has 0 bridgehead atoms. The van der Waals surface area contributed by atoms with E-state index < -0.39 is 6.04 Å². The fourth-order valence-electron chi connectivity index (χ4n) is 3.28. The number of nitrogens with two attached hydrogens (primary N) is 1. The summed E-state index contributed by atoms with van der Waals surface area (Å²) in [5.74, 6) is -0.0992. The Balaban J connectivity index is 1.75. The molecule has 1 saturated heterocycles. The largest absolute Gasteiger partial charge is 0.360 e. The zero-order chi connectivity index (χ0) is 15.7. The van der Waals surface area contributed by atoms with Gasteiger partial charge in [0.25, 0.3) is 0 Å². The van der Waals surface area contributed by atoms with Gasteiger partial charge in [-0.05, 0) is 44.6 Å². The van der Waals surface area contributed by atoms with Crippen LogP contribution in [0.25, 0.3) is 0 Å². The number of amides is 1. The van der Waals surface area contributed by atoms with Gasteiger partial charge in [-0.3, -0.25) is 4.79 Å². The van der Waals surface area contributed by atoms with Crippen LogP contribution in [0.1, 0.15) is 42.2 Å². The van der Waals surface area contributed by atoms with Crippen LogP contribution < -0.4 is 16.0 Å². The standard InChI is InChI=1S/C16H22N4OS/c1-10(18)15(21)19-11-6-7-20(9-11)16-13(8-17)12-4-2-3-5-14(12)22-16/h10-11H,2-7,9,18H2,1H3,(H,19,21)/t10-,11-/m0/s1. The van der Waals surface area contributed by atoms with Gasteiger partial charge in [0.05, 0.1) is 11.6 Å². The van der Waals surface area contributed by atoms with Crippen molar-refractivity contribution in [1.29, 1.82) is 5.26 Å². The lowest BCUT2D eigenvalue weighted by molar-refractivity contribution is -0.122. The van der Waals surface area contributed by atoms with E-state index in [1.54, 1.807) is 18.3 Å². The first-order valence-electron chi connectivity index (χ1n) is 7.95. The highest BCUT2D eigenvalue weighted by Gasteiger charge is 2.30. The summed E-state index contributed by atoms with van der Waals surface area (Å²) in [6.45, 7) is 3.35. The predicted octanol–water partition coefficient (Wildman–Crippen LogP) is 1.54. The second-order valence-corrected chi connectivity index (χ2v) is 7.32. The Labute approximate surface area is 135 Å². The smallest absolute Gasteiger partial charge is 0.236 e. The molecular formula is C16H22N4OS. The number of anilines is 1. The topological polar surface area (TPSA) is 82.2 Å². The van der Waals surface area contributed by atoms with E-state index in [0.717, 1.165) is 42.9 Å². The number of rotatable bonds is 3. The van der Waals surface area contributed by atoms with Gasteiger partial charge in [-0.1, -0.05) is 0 Å². The second-order valence-electron chi connectivity index (χ2n) is 6.23. The molecule has 0 aromatic carbocycles. The number of thiophene rings is 1. The second kappa shape index (κ2) is 6.27. The van der Waals surface area contributed by atoms with Gasteiger partial charge < -0.3 is 16.0 Å². The van der Waals surface area contributed by atoms with Gasteiger partial charge >= 0.3 is 0 Å². The molecule has 2 atom stereocenters. The van der Waals surface area contributed by atoms with E-state index in [4.69, 9.17) is 5.73 Å². The molecule has 2 aliphatic rings. The van der Waals surface area contributed by atoms with Crippen LogP contribution in [-0.4, -0.2) is 31.1 Å². The maximum Gasteiger partial charge on any atom is 0.236 e.